The van der Waals surface area contributed by atoms with E-state index >= 15 is 0 Å². The number of esters is 1. The summed E-state index contributed by atoms with van der Waals surface area (Å²) in [5.41, 5.74) is -0.437. The Kier molecular flexibility index (Phi) is 2.57. The van der Waals surface area contributed by atoms with Crippen LogP contribution in [0.25, 0.3) is 10.1 Å². The van der Waals surface area contributed by atoms with Crippen molar-refractivity contribution >= 4 is 27.4 Å². The van der Waals surface area contributed by atoms with E-state index in [0.29, 0.717) is 15.8 Å². The van der Waals surface area contributed by atoms with E-state index in [2.05, 4.69) is 4.98 Å². The first kappa shape index (κ1) is 10.6. The summed E-state index contributed by atoms with van der Waals surface area (Å²) in [5.74, 6) is -0.127. The van der Waals surface area contributed by atoms with Crippen molar-refractivity contribution in [3.63, 3.8) is 0 Å². The Hall–Kier alpha value is -1.95. The number of ether oxygens (including phenoxy) is 1. The van der Waals surface area contributed by atoms with Crippen LogP contribution >= 0.6 is 11.3 Å². The molecule has 1 heterocycles. The lowest BCUT2D eigenvalue weighted by Crippen LogP contribution is -2.15. The minimum atomic E-state index is -0.448. The first-order valence-corrected chi connectivity index (χ1v) is 5.23. The molecule has 0 fully saturated rings. The molecule has 0 saturated carbocycles. The SMILES string of the molecule is CC(=O)Oc1ccc2c(=O)[nH]c(=O)sc2c1. The van der Waals surface area contributed by atoms with Crippen LogP contribution in [-0.4, -0.2) is 11.0 Å². The fourth-order valence-corrected chi connectivity index (χ4v) is 2.08. The van der Waals surface area contributed by atoms with Crippen LogP contribution in [0.4, 0.5) is 0 Å². The van der Waals surface area contributed by atoms with Gasteiger partial charge in [-0.15, -0.1) is 0 Å². The van der Waals surface area contributed by atoms with Crippen molar-refractivity contribution < 1.29 is 9.53 Å². The number of H-pyrrole nitrogens is 1. The highest BCUT2D eigenvalue weighted by atomic mass is 32.1. The van der Waals surface area contributed by atoms with E-state index in [4.69, 9.17) is 4.74 Å². The quantitative estimate of drug-likeness (QED) is 0.590. The van der Waals surface area contributed by atoms with Crippen LogP contribution in [0.15, 0.2) is 27.8 Å². The van der Waals surface area contributed by atoms with Crippen LogP contribution in [0.3, 0.4) is 0 Å². The summed E-state index contributed by atoms with van der Waals surface area (Å²) in [5, 5.41) is 0.403. The number of hydrogen-bond acceptors (Lipinski definition) is 5. The third kappa shape index (κ3) is 2.01. The van der Waals surface area contributed by atoms with Gasteiger partial charge in [0.1, 0.15) is 5.75 Å². The highest BCUT2D eigenvalue weighted by molar-refractivity contribution is 7.16. The van der Waals surface area contributed by atoms with E-state index in [-0.39, 0.29) is 0 Å². The van der Waals surface area contributed by atoms with Gasteiger partial charge in [-0.3, -0.25) is 19.4 Å². The zero-order valence-electron chi connectivity index (χ0n) is 8.27. The maximum absolute atomic E-state index is 11.4. The maximum Gasteiger partial charge on any atom is 0.308 e. The van der Waals surface area contributed by atoms with Gasteiger partial charge >= 0.3 is 10.8 Å². The molecule has 82 valence electrons. The predicted octanol–water partition coefficient (Wildman–Crippen LogP) is 0.875. The lowest BCUT2D eigenvalue weighted by atomic mass is 10.2. The van der Waals surface area contributed by atoms with Crippen molar-refractivity contribution in [1.29, 1.82) is 0 Å². The highest BCUT2D eigenvalue weighted by Gasteiger charge is 2.04. The van der Waals surface area contributed by atoms with Gasteiger partial charge in [-0.25, -0.2) is 0 Å². The molecule has 0 aliphatic carbocycles. The third-order valence-corrected chi connectivity index (χ3v) is 2.72. The van der Waals surface area contributed by atoms with Gasteiger partial charge in [0, 0.05) is 11.6 Å². The van der Waals surface area contributed by atoms with Crippen molar-refractivity contribution in [1.82, 2.24) is 4.98 Å². The normalized spacial score (nSPS) is 10.3. The molecule has 0 aliphatic rings. The van der Waals surface area contributed by atoms with Gasteiger partial charge in [-0.2, -0.15) is 0 Å². The highest BCUT2D eigenvalue weighted by Crippen LogP contribution is 2.19. The molecule has 0 radical (unpaired) electrons. The van der Waals surface area contributed by atoms with E-state index in [0.717, 1.165) is 11.3 Å². The van der Waals surface area contributed by atoms with Gasteiger partial charge in [-0.05, 0) is 18.2 Å². The van der Waals surface area contributed by atoms with Crippen molar-refractivity contribution in [3.05, 3.63) is 38.2 Å². The third-order valence-electron chi connectivity index (χ3n) is 1.88. The number of nitrogens with one attached hydrogen (secondary N) is 1. The van der Waals surface area contributed by atoms with Crippen LogP contribution in [0.2, 0.25) is 0 Å². The molecule has 2 rings (SSSR count). The Morgan fingerprint density at radius 2 is 2.12 bits per heavy atom. The summed E-state index contributed by atoms with van der Waals surface area (Å²) < 4.78 is 5.35. The summed E-state index contributed by atoms with van der Waals surface area (Å²) in [7, 11) is 0. The molecule has 6 heteroatoms. The molecule has 0 aliphatic heterocycles. The van der Waals surface area contributed by atoms with Gasteiger partial charge in [-0.1, -0.05) is 11.3 Å². The van der Waals surface area contributed by atoms with Gasteiger partial charge in [0.25, 0.3) is 5.56 Å². The molecular weight excluding hydrogens is 230 g/mol. The van der Waals surface area contributed by atoms with E-state index in [1.165, 1.54) is 25.1 Å². The first-order chi connectivity index (χ1) is 7.56. The predicted molar refractivity (Wildman–Crippen MR) is 60.0 cm³/mol. The van der Waals surface area contributed by atoms with Crippen molar-refractivity contribution in [2.45, 2.75) is 6.92 Å². The molecule has 0 saturated heterocycles. The molecule has 0 amide bonds. The van der Waals surface area contributed by atoms with Crippen molar-refractivity contribution in [2.24, 2.45) is 0 Å². The maximum atomic E-state index is 11.4. The number of aromatic amines is 1. The second-order valence-electron chi connectivity index (χ2n) is 3.10. The Labute approximate surface area is 93.3 Å². The van der Waals surface area contributed by atoms with Crippen molar-refractivity contribution in [2.75, 3.05) is 0 Å². The Balaban J connectivity index is 2.66. The summed E-state index contributed by atoms with van der Waals surface area (Å²) >= 11 is 0.895. The number of carbonyl (C=O) groups excluding carboxylic acids is 1. The number of aromatic nitrogens is 1. The second-order valence-corrected chi connectivity index (χ2v) is 4.11. The van der Waals surface area contributed by atoms with Crippen LogP contribution < -0.4 is 15.2 Å². The molecule has 1 N–H and O–H groups in total. The molecule has 1 aromatic heterocycles. The topological polar surface area (TPSA) is 76.2 Å². The number of hydrogen-bond donors (Lipinski definition) is 1. The molecule has 1 aromatic carbocycles. The van der Waals surface area contributed by atoms with E-state index in [1.807, 2.05) is 0 Å². The van der Waals surface area contributed by atoms with Crippen LogP contribution in [0.1, 0.15) is 6.92 Å². The molecule has 5 nitrogen and oxygen atoms in total. The van der Waals surface area contributed by atoms with Crippen molar-refractivity contribution in [3.8, 4) is 5.75 Å². The lowest BCUT2D eigenvalue weighted by Gasteiger charge is -2.01. The Morgan fingerprint density at radius 3 is 2.81 bits per heavy atom. The standard InChI is InChI=1S/C10H7NO4S/c1-5(12)15-6-2-3-7-8(4-6)16-10(14)11-9(7)13/h2-4H,1H3,(H,11,13,14). The van der Waals surface area contributed by atoms with Crippen LogP contribution in [0.5, 0.6) is 5.75 Å². The summed E-state index contributed by atoms with van der Waals surface area (Å²) in [4.78, 5) is 34.9. The summed E-state index contributed by atoms with van der Waals surface area (Å²) in [6.45, 7) is 1.28. The zero-order chi connectivity index (χ0) is 11.7. The number of carbonyl (C=O) groups is 1. The van der Waals surface area contributed by atoms with E-state index < -0.39 is 16.4 Å². The van der Waals surface area contributed by atoms with Gasteiger partial charge in [0.15, 0.2) is 0 Å². The lowest BCUT2D eigenvalue weighted by molar-refractivity contribution is -0.131. The van der Waals surface area contributed by atoms with Gasteiger partial charge in [0.05, 0.1) is 5.39 Å². The summed E-state index contributed by atoms with van der Waals surface area (Å²) in [6, 6.07) is 4.52. The molecule has 0 unspecified atom stereocenters. The Morgan fingerprint density at radius 1 is 1.38 bits per heavy atom. The first-order valence-electron chi connectivity index (χ1n) is 4.42. The molecule has 0 bridgehead atoms. The molecular formula is C10H7NO4S. The second kappa shape index (κ2) is 3.90. The fourth-order valence-electron chi connectivity index (χ4n) is 1.29. The molecule has 16 heavy (non-hydrogen) atoms. The van der Waals surface area contributed by atoms with Crippen LogP contribution in [-0.2, 0) is 4.79 Å². The Bertz CT molecular complexity index is 670. The smallest absolute Gasteiger partial charge is 0.308 e. The minimum absolute atomic E-state index is 0.321. The molecule has 0 atom stereocenters. The number of fused-ring (bicyclic) bond motifs is 1. The minimum Gasteiger partial charge on any atom is -0.427 e. The van der Waals surface area contributed by atoms with Gasteiger partial charge in [0.2, 0.25) is 0 Å². The van der Waals surface area contributed by atoms with E-state index in [9.17, 15) is 14.4 Å². The fraction of sp³-hybridized carbons (Fsp3) is 0.100. The zero-order valence-corrected chi connectivity index (χ0v) is 9.09. The average molecular weight is 237 g/mol. The number of benzene rings is 1. The number of rotatable bonds is 1. The van der Waals surface area contributed by atoms with E-state index in [1.54, 1.807) is 0 Å². The monoisotopic (exact) mass is 237 g/mol. The average Bonchev–Trinajstić information content (AvgIpc) is 2.15. The van der Waals surface area contributed by atoms with Crippen LogP contribution in [0, 0.1) is 0 Å². The molecule has 0 spiro atoms. The molecule has 2 aromatic rings. The summed E-state index contributed by atoms with van der Waals surface area (Å²) in [6.07, 6.45) is 0. The van der Waals surface area contributed by atoms with Gasteiger partial charge < -0.3 is 4.74 Å². The largest absolute Gasteiger partial charge is 0.427 e.